The molecule has 0 atom stereocenters. The second-order valence-corrected chi connectivity index (χ2v) is 12.3. The van der Waals surface area contributed by atoms with Crippen LogP contribution >= 0.6 is 11.8 Å². The van der Waals surface area contributed by atoms with Crippen molar-refractivity contribution in [2.24, 2.45) is 0 Å². The molecule has 1 aliphatic rings. The van der Waals surface area contributed by atoms with Crippen LogP contribution in [0.2, 0.25) is 0 Å². The van der Waals surface area contributed by atoms with Crippen molar-refractivity contribution in [2.75, 3.05) is 30.6 Å². The number of ether oxygens (including phenoxy) is 2. The lowest BCUT2D eigenvalue weighted by atomic mass is 9.83. The lowest BCUT2D eigenvalue weighted by Crippen LogP contribution is -2.30. The van der Waals surface area contributed by atoms with Gasteiger partial charge in [-0.15, -0.1) is 11.8 Å². The molecule has 254 valence electrons. The Kier molecular flexibility index (Phi) is 10.4. The molecule has 0 aliphatic heterocycles. The van der Waals surface area contributed by atoms with Gasteiger partial charge in [0.15, 0.2) is 23.1 Å². The van der Waals surface area contributed by atoms with E-state index in [4.69, 9.17) is 9.47 Å². The molecule has 0 unspecified atom stereocenters. The molecular weight excluding hydrogens is 667 g/mol. The third-order valence-electron chi connectivity index (χ3n) is 7.95. The number of anilines is 2. The van der Waals surface area contributed by atoms with Gasteiger partial charge in [-0.25, -0.2) is 0 Å². The molecule has 3 N–H and O–H groups in total. The smallest absolute Gasteiger partial charge is 0.272 e. The van der Waals surface area contributed by atoms with Crippen molar-refractivity contribution >= 4 is 58.5 Å². The summed E-state index contributed by atoms with van der Waals surface area (Å²) in [5, 5.41) is 8.33. The molecule has 3 amide bonds. The zero-order chi connectivity index (χ0) is 35.9. The van der Waals surface area contributed by atoms with Crippen LogP contribution in [0.3, 0.4) is 0 Å². The first-order valence-electron chi connectivity index (χ1n) is 15.7. The molecule has 5 aromatic carbocycles. The highest BCUT2D eigenvalue weighted by atomic mass is 32.2. The van der Waals surface area contributed by atoms with Crippen molar-refractivity contribution in [1.29, 1.82) is 0 Å². The fourth-order valence-electron chi connectivity index (χ4n) is 5.57. The Balaban J connectivity index is 1.17. The standard InChI is InChI=1S/C40H31N3O7S/c1-49-33-20-8-13-25(38(33)50-2)21-32(43-39(47)24-11-4-3-5-12-24)40(48)41-26-14-9-15-27(22-26)51-23-34(44)42-31-19-10-18-30-35(31)37(46)29-17-7-6-16-28(29)36(30)45/h3-22H,23H2,1-2H3,(H,41,48)(H,42,44)(H,43,47)/b32-21+. The predicted molar refractivity (Wildman–Crippen MR) is 196 cm³/mol. The molecule has 1 aliphatic carbocycles. The molecule has 0 radical (unpaired) electrons. The number of amides is 3. The second kappa shape index (κ2) is 15.4. The molecule has 0 spiro atoms. The van der Waals surface area contributed by atoms with Crippen LogP contribution in [-0.2, 0) is 9.59 Å². The van der Waals surface area contributed by atoms with Gasteiger partial charge in [0, 0.05) is 38.4 Å². The number of benzene rings is 5. The maximum Gasteiger partial charge on any atom is 0.272 e. The lowest BCUT2D eigenvalue weighted by molar-refractivity contribution is -0.114. The van der Waals surface area contributed by atoms with Crippen LogP contribution in [0.1, 0.15) is 47.8 Å². The Morgan fingerprint density at radius 2 is 1.39 bits per heavy atom. The van der Waals surface area contributed by atoms with Gasteiger partial charge in [-0.3, -0.25) is 24.0 Å². The number of carbonyl (C=O) groups excluding carboxylic acids is 5. The van der Waals surface area contributed by atoms with Crippen molar-refractivity contribution in [1.82, 2.24) is 5.32 Å². The number of rotatable bonds is 11. The topological polar surface area (TPSA) is 140 Å². The Labute approximate surface area is 297 Å². The fraction of sp³-hybridized carbons (Fsp3) is 0.0750. The number of carbonyl (C=O) groups is 5. The van der Waals surface area contributed by atoms with E-state index in [1.54, 1.807) is 115 Å². The average Bonchev–Trinajstić information content (AvgIpc) is 3.16. The first-order valence-corrected chi connectivity index (χ1v) is 16.7. The van der Waals surface area contributed by atoms with Gasteiger partial charge in [0.25, 0.3) is 11.8 Å². The van der Waals surface area contributed by atoms with Crippen molar-refractivity contribution in [3.05, 3.63) is 154 Å². The van der Waals surface area contributed by atoms with Gasteiger partial charge in [0.2, 0.25) is 5.91 Å². The molecule has 5 aromatic rings. The summed E-state index contributed by atoms with van der Waals surface area (Å²) in [7, 11) is 2.98. The first kappa shape index (κ1) is 34.4. The van der Waals surface area contributed by atoms with E-state index >= 15 is 0 Å². The predicted octanol–water partition coefficient (Wildman–Crippen LogP) is 6.62. The number of hydrogen-bond donors (Lipinski definition) is 3. The summed E-state index contributed by atoms with van der Waals surface area (Å²) < 4.78 is 10.9. The van der Waals surface area contributed by atoms with Gasteiger partial charge in [-0.2, -0.15) is 0 Å². The molecule has 0 fully saturated rings. The van der Waals surface area contributed by atoms with E-state index in [1.807, 2.05) is 0 Å². The van der Waals surface area contributed by atoms with Gasteiger partial charge in [-0.05, 0) is 48.5 Å². The van der Waals surface area contributed by atoms with E-state index in [2.05, 4.69) is 16.0 Å². The Morgan fingerprint density at radius 1 is 0.706 bits per heavy atom. The molecule has 0 heterocycles. The van der Waals surface area contributed by atoms with E-state index < -0.39 is 11.8 Å². The third kappa shape index (κ3) is 7.58. The van der Waals surface area contributed by atoms with Gasteiger partial charge in [-0.1, -0.05) is 72.8 Å². The van der Waals surface area contributed by atoms with Crippen LogP contribution in [0, 0.1) is 0 Å². The number of para-hydroxylation sites is 1. The first-order chi connectivity index (χ1) is 24.8. The summed E-state index contributed by atoms with van der Waals surface area (Å²) in [6.45, 7) is 0. The van der Waals surface area contributed by atoms with E-state index in [0.717, 1.165) is 0 Å². The quantitative estimate of drug-likeness (QED) is 0.101. The van der Waals surface area contributed by atoms with Gasteiger partial charge in [0.05, 0.1) is 31.2 Å². The van der Waals surface area contributed by atoms with Crippen LogP contribution in [0.4, 0.5) is 11.4 Å². The second-order valence-electron chi connectivity index (χ2n) is 11.2. The highest BCUT2D eigenvalue weighted by molar-refractivity contribution is 8.00. The third-order valence-corrected chi connectivity index (χ3v) is 8.94. The Morgan fingerprint density at radius 3 is 2.14 bits per heavy atom. The number of fused-ring (bicyclic) bond motifs is 2. The maximum atomic E-state index is 13.7. The minimum absolute atomic E-state index is 0.0201. The molecule has 0 bridgehead atoms. The molecule has 0 saturated carbocycles. The van der Waals surface area contributed by atoms with E-state index in [-0.39, 0.29) is 45.7 Å². The van der Waals surface area contributed by atoms with E-state index in [1.165, 1.54) is 32.1 Å². The zero-order valence-electron chi connectivity index (χ0n) is 27.5. The number of hydrogen-bond acceptors (Lipinski definition) is 8. The molecule has 6 rings (SSSR count). The van der Waals surface area contributed by atoms with Crippen molar-refractivity contribution in [2.45, 2.75) is 4.90 Å². The normalized spacial score (nSPS) is 11.9. The fourth-order valence-corrected chi connectivity index (χ4v) is 6.33. The van der Waals surface area contributed by atoms with Crippen LogP contribution in [0.25, 0.3) is 6.08 Å². The summed E-state index contributed by atoms with van der Waals surface area (Å²) in [5.74, 6) is -1.26. The summed E-state index contributed by atoms with van der Waals surface area (Å²) in [5.41, 5.74) is 2.54. The average molecular weight is 698 g/mol. The lowest BCUT2D eigenvalue weighted by Gasteiger charge is -2.20. The van der Waals surface area contributed by atoms with Crippen LogP contribution in [0.5, 0.6) is 11.5 Å². The monoisotopic (exact) mass is 697 g/mol. The highest BCUT2D eigenvalue weighted by Gasteiger charge is 2.31. The van der Waals surface area contributed by atoms with Crippen molar-refractivity contribution in [3.8, 4) is 11.5 Å². The summed E-state index contributed by atoms with van der Waals surface area (Å²) in [4.78, 5) is 67.0. The number of methoxy groups -OCH3 is 2. The Hall–Kier alpha value is -6.46. The zero-order valence-corrected chi connectivity index (χ0v) is 28.3. The molecule has 0 aromatic heterocycles. The molecular formula is C40H31N3O7S. The minimum atomic E-state index is -0.598. The summed E-state index contributed by atoms with van der Waals surface area (Å²) in [6, 6.07) is 32.0. The van der Waals surface area contributed by atoms with Gasteiger partial charge in [0.1, 0.15) is 5.70 Å². The van der Waals surface area contributed by atoms with Crippen molar-refractivity contribution in [3.63, 3.8) is 0 Å². The molecule has 0 saturated heterocycles. The molecule has 11 heteroatoms. The van der Waals surface area contributed by atoms with Crippen LogP contribution in [0.15, 0.2) is 126 Å². The number of ketones is 2. The number of thioether (sulfide) groups is 1. The van der Waals surface area contributed by atoms with Crippen LogP contribution < -0.4 is 25.4 Å². The maximum absolute atomic E-state index is 13.7. The highest BCUT2D eigenvalue weighted by Crippen LogP contribution is 2.33. The van der Waals surface area contributed by atoms with Gasteiger partial charge < -0.3 is 25.4 Å². The summed E-state index contributed by atoms with van der Waals surface area (Å²) >= 11 is 1.21. The molecule has 51 heavy (non-hydrogen) atoms. The largest absolute Gasteiger partial charge is 0.493 e. The summed E-state index contributed by atoms with van der Waals surface area (Å²) in [6.07, 6.45) is 1.50. The number of nitrogens with one attached hydrogen (secondary N) is 3. The van der Waals surface area contributed by atoms with Crippen molar-refractivity contribution < 1.29 is 33.4 Å². The molecule has 10 nitrogen and oxygen atoms in total. The minimum Gasteiger partial charge on any atom is -0.493 e. The van der Waals surface area contributed by atoms with Gasteiger partial charge >= 0.3 is 0 Å². The SMILES string of the molecule is COc1cccc(/C=C(/NC(=O)c2ccccc2)C(=O)Nc2cccc(SCC(=O)Nc3cccc4c3C(=O)c3ccccc3C4=O)c2)c1OC. The van der Waals surface area contributed by atoms with Crippen LogP contribution in [-0.4, -0.2) is 49.3 Å². The Bertz CT molecular complexity index is 2220. The van der Waals surface area contributed by atoms with E-state index in [9.17, 15) is 24.0 Å². The van der Waals surface area contributed by atoms with E-state index in [0.29, 0.717) is 44.3 Å².